The van der Waals surface area contributed by atoms with Crippen LogP contribution >= 0.6 is 0 Å². The number of carbonyl (C=O) groups is 2. The van der Waals surface area contributed by atoms with E-state index < -0.39 is 29.8 Å². The second-order valence-electron chi connectivity index (χ2n) is 5.77. The predicted octanol–water partition coefficient (Wildman–Crippen LogP) is 0.624. The number of rotatable bonds is 4. The number of aliphatic hydroxyl groups excluding tert-OH is 1. The highest BCUT2D eigenvalue weighted by Crippen LogP contribution is 2.33. The Labute approximate surface area is 131 Å². The number of amides is 3. The molecule has 124 valence electrons. The van der Waals surface area contributed by atoms with Gasteiger partial charge in [-0.05, 0) is 24.6 Å². The zero-order chi connectivity index (χ0) is 16.6. The minimum absolute atomic E-state index is 0.0244. The smallest absolute Gasteiger partial charge is 0.324 e. The number of nitrogens with zero attached hydrogens (tertiary/aromatic N) is 2. The Bertz CT molecular complexity index is 624. The minimum atomic E-state index is -0.661. The molecule has 2 aliphatic rings. The SMILES string of the molecule is O=C1CNC(=O)N1CCN1C[C@@H](O)C[C@@H]1c1cc(F)ccc1F. The van der Waals surface area contributed by atoms with Gasteiger partial charge in [0.25, 0.3) is 0 Å². The van der Waals surface area contributed by atoms with Crippen LogP contribution in [-0.4, -0.2) is 59.1 Å². The first kappa shape index (κ1) is 15.8. The molecule has 2 heterocycles. The molecule has 0 spiro atoms. The van der Waals surface area contributed by atoms with E-state index in [-0.39, 0.29) is 44.1 Å². The Morgan fingerprint density at radius 1 is 1.26 bits per heavy atom. The molecule has 3 amide bonds. The van der Waals surface area contributed by atoms with E-state index in [1.807, 2.05) is 0 Å². The van der Waals surface area contributed by atoms with Crippen molar-refractivity contribution in [2.75, 3.05) is 26.2 Å². The molecule has 2 aliphatic heterocycles. The number of likely N-dealkylation sites (tertiary alicyclic amines) is 1. The molecule has 0 unspecified atom stereocenters. The van der Waals surface area contributed by atoms with E-state index in [2.05, 4.69) is 5.32 Å². The fraction of sp³-hybridized carbons (Fsp3) is 0.467. The molecular weight excluding hydrogens is 308 g/mol. The van der Waals surface area contributed by atoms with Gasteiger partial charge < -0.3 is 10.4 Å². The molecule has 2 saturated heterocycles. The molecule has 0 saturated carbocycles. The van der Waals surface area contributed by atoms with Crippen molar-refractivity contribution in [1.29, 1.82) is 0 Å². The first-order chi connectivity index (χ1) is 11.0. The maximum Gasteiger partial charge on any atom is 0.324 e. The number of carbonyl (C=O) groups excluding carboxylic acids is 2. The van der Waals surface area contributed by atoms with Crippen LogP contribution in [0.5, 0.6) is 0 Å². The summed E-state index contributed by atoms with van der Waals surface area (Å²) >= 11 is 0. The molecule has 1 aromatic carbocycles. The zero-order valence-electron chi connectivity index (χ0n) is 12.3. The second kappa shape index (κ2) is 6.21. The van der Waals surface area contributed by atoms with Gasteiger partial charge in [-0.3, -0.25) is 14.6 Å². The molecule has 0 radical (unpaired) electrons. The molecule has 2 atom stereocenters. The largest absolute Gasteiger partial charge is 0.392 e. The first-order valence-corrected chi connectivity index (χ1v) is 7.41. The third-order valence-corrected chi connectivity index (χ3v) is 4.25. The van der Waals surface area contributed by atoms with Gasteiger partial charge in [-0.25, -0.2) is 13.6 Å². The van der Waals surface area contributed by atoms with Gasteiger partial charge in [0, 0.05) is 31.2 Å². The molecule has 23 heavy (non-hydrogen) atoms. The number of aliphatic hydroxyl groups is 1. The van der Waals surface area contributed by atoms with E-state index in [4.69, 9.17) is 0 Å². The van der Waals surface area contributed by atoms with E-state index in [1.54, 1.807) is 4.90 Å². The van der Waals surface area contributed by atoms with Crippen LogP contribution in [0.1, 0.15) is 18.0 Å². The molecule has 8 heteroatoms. The Balaban J connectivity index is 1.73. The van der Waals surface area contributed by atoms with Crippen LogP contribution in [0.3, 0.4) is 0 Å². The van der Waals surface area contributed by atoms with Crippen LogP contribution in [0.15, 0.2) is 18.2 Å². The van der Waals surface area contributed by atoms with Gasteiger partial charge >= 0.3 is 6.03 Å². The Hall–Kier alpha value is -2.06. The number of urea groups is 1. The summed E-state index contributed by atoms with van der Waals surface area (Å²) in [7, 11) is 0. The summed E-state index contributed by atoms with van der Waals surface area (Å²) in [5.74, 6) is -1.40. The quantitative estimate of drug-likeness (QED) is 0.796. The lowest BCUT2D eigenvalue weighted by Crippen LogP contribution is -2.39. The highest BCUT2D eigenvalue weighted by atomic mass is 19.1. The lowest BCUT2D eigenvalue weighted by atomic mass is 10.0. The van der Waals surface area contributed by atoms with Gasteiger partial charge in [0.15, 0.2) is 0 Å². The number of nitrogens with one attached hydrogen (secondary N) is 1. The molecule has 2 fully saturated rings. The average Bonchev–Trinajstić information content (AvgIpc) is 3.03. The van der Waals surface area contributed by atoms with Crippen LogP contribution in [-0.2, 0) is 4.79 Å². The van der Waals surface area contributed by atoms with Gasteiger partial charge in [-0.2, -0.15) is 0 Å². The predicted molar refractivity (Wildman–Crippen MR) is 76.4 cm³/mol. The van der Waals surface area contributed by atoms with Crippen LogP contribution in [0.4, 0.5) is 13.6 Å². The summed E-state index contributed by atoms with van der Waals surface area (Å²) in [6.45, 7) is 0.690. The van der Waals surface area contributed by atoms with Gasteiger partial charge in [-0.15, -0.1) is 0 Å². The van der Waals surface area contributed by atoms with Crippen LogP contribution in [0, 0.1) is 11.6 Å². The fourth-order valence-corrected chi connectivity index (χ4v) is 3.13. The summed E-state index contributed by atoms with van der Waals surface area (Å²) < 4.78 is 27.4. The van der Waals surface area contributed by atoms with Crippen molar-refractivity contribution in [2.24, 2.45) is 0 Å². The van der Waals surface area contributed by atoms with E-state index in [1.165, 1.54) is 0 Å². The second-order valence-corrected chi connectivity index (χ2v) is 5.77. The summed E-state index contributed by atoms with van der Waals surface area (Å²) in [4.78, 5) is 25.9. The number of hydrogen-bond donors (Lipinski definition) is 2. The van der Waals surface area contributed by atoms with E-state index in [0.29, 0.717) is 0 Å². The Morgan fingerprint density at radius 3 is 2.74 bits per heavy atom. The average molecular weight is 325 g/mol. The third kappa shape index (κ3) is 3.18. The molecular formula is C15H17F2N3O3. The van der Waals surface area contributed by atoms with E-state index >= 15 is 0 Å². The summed E-state index contributed by atoms with van der Waals surface area (Å²) in [6, 6.07) is 2.29. The number of hydrogen-bond acceptors (Lipinski definition) is 4. The lowest BCUT2D eigenvalue weighted by molar-refractivity contribution is -0.125. The third-order valence-electron chi connectivity index (χ3n) is 4.25. The molecule has 0 aromatic heterocycles. The maximum absolute atomic E-state index is 14.0. The number of benzene rings is 1. The fourth-order valence-electron chi connectivity index (χ4n) is 3.13. The van der Waals surface area contributed by atoms with Gasteiger partial charge in [-0.1, -0.05) is 0 Å². The molecule has 2 N–H and O–H groups in total. The van der Waals surface area contributed by atoms with Crippen molar-refractivity contribution in [3.63, 3.8) is 0 Å². The zero-order valence-corrected chi connectivity index (χ0v) is 12.3. The van der Waals surface area contributed by atoms with E-state index in [9.17, 15) is 23.5 Å². The minimum Gasteiger partial charge on any atom is -0.392 e. The number of β-amino-alcohol motifs (C(OH)–C–C–N with tert-alkyl or cyclic N) is 1. The van der Waals surface area contributed by atoms with Crippen molar-refractivity contribution in [3.8, 4) is 0 Å². The monoisotopic (exact) mass is 325 g/mol. The topological polar surface area (TPSA) is 72.9 Å². The maximum atomic E-state index is 14.0. The molecule has 3 rings (SSSR count). The van der Waals surface area contributed by atoms with Crippen molar-refractivity contribution in [2.45, 2.75) is 18.6 Å². The number of imide groups is 1. The van der Waals surface area contributed by atoms with Crippen molar-refractivity contribution < 1.29 is 23.5 Å². The highest BCUT2D eigenvalue weighted by Gasteiger charge is 2.35. The Morgan fingerprint density at radius 2 is 2.04 bits per heavy atom. The normalized spacial score (nSPS) is 25.3. The first-order valence-electron chi connectivity index (χ1n) is 7.41. The van der Waals surface area contributed by atoms with Crippen molar-refractivity contribution in [1.82, 2.24) is 15.1 Å². The molecule has 1 aromatic rings. The Kier molecular flexibility index (Phi) is 4.27. The van der Waals surface area contributed by atoms with Crippen LogP contribution < -0.4 is 5.32 Å². The lowest BCUT2D eigenvalue weighted by Gasteiger charge is -2.26. The summed E-state index contributed by atoms with van der Waals surface area (Å²) in [6.07, 6.45) is -0.383. The van der Waals surface area contributed by atoms with Crippen LogP contribution in [0.25, 0.3) is 0 Å². The van der Waals surface area contributed by atoms with Gasteiger partial charge in [0.1, 0.15) is 11.6 Å². The van der Waals surface area contributed by atoms with Crippen molar-refractivity contribution in [3.05, 3.63) is 35.4 Å². The van der Waals surface area contributed by atoms with E-state index in [0.717, 1.165) is 23.1 Å². The van der Waals surface area contributed by atoms with Gasteiger partial charge in [0.05, 0.1) is 12.6 Å². The molecule has 6 nitrogen and oxygen atoms in total. The summed E-state index contributed by atoms with van der Waals surface area (Å²) in [5.41, 5.74) is 0.179. The van der Waals surface area contributed by atoms with Gasteiger partial charge in [0.2, 0.25) is 5.91 Å². The van der Waals surface area contributed by atoms with Crippen molar-refractivity contribution >= 4 is 11.9 Å². The molecule has 0 bridgehead atoms. The summed E-state index contributed by atoms with van der Waals surface area (Å²) in [5, 5.41) is 12.3. The number of halogens is 2. The highest BCUT2D eigenvalue weighted by molar-refractivity contribution is 6.01. The molecule has 0 aliphatic carbocycles. The standard InChI is InChI=1S/C15H17F2N3O3/c16-9-1-2-12(17)11(5-9)13-6-10(21)8-19(13)3-4-20-14(22)7-18-15(20)23/h1-2,5,10,13,21H,3-4,6-8H2,(H,18,23)/t10-,13+/m0/s1. The van der Waals surface area contributed by atoms with Crippen LogP contribution in [0.2, 0.25) is 0 Å².